The molecule has 1 saturated heterocycles. The van der Waals surface area contributed by atoms with Crippen LogP contribution in [0.2, 0.25) is 0 Å². The molecule has 0 radical (unpaired) electrons. The van der Waals surface area contributed by atoms with Gasteiger partial charge < -0.3 is 9.88 Å². The smallest absolute Gasteiger partial charge is 0.227 e. The molecule has 0 unspecified atom stereocenters. The number of piperidine rings is 1. The van der Waals surface area contributed by atoms with Crippen LogP contribution in [0.1, 0.15) is 30.1 Å². The van der Waals surface area contributed by atoms with E-state index in [2.05, 4.69) is 25.9 Å². The lowest BCUT2D eigenvalue weighted by molar-refractivity contribution is -0.131. The minimum absolute atomic E-state index is 0.0231. The summed E-state index contributed by atoms with van der Waals surface area (Å²) in [6, 6.07) is 13.1. The van der Waals surface area contributed by atoms with E-state index in [-0.39, 0.29) is 18.1 Å². The van der Waals surface area contributed by atoms with Gasteiger partial charge in [-0.15, -0.1) is 0 Å². The number of imidazole rings is 1. The molecule has 0 atom stereocenters. The Morgan fingerprint density at radius 1 is 1.19 bits per heavy atom. The van der Waals surface area contributed by atoms with Gasteiger partial charge in [-0.1, -0.05) is 24.3 Å². The summed E-state index contributed by atoms with van der Waals surface area (Å²) >= 11 is 3.17. The van der Waals surface area contributed by atoms with Gasteiger partial charge in [-0.2, -0.15) is 0 Å². The van der Waals surface area contributed by atoms with Gasteiger partial charge in [-0.25, -0.2) is 9.37 Å². The number of rotatable bonds is 3. The largest absolute Gasteiger partial charge is 0.342 e. The number of likely N-dealkylation sites (tertiary alicyclic amines) is 1. The lowest BCUT2D eigenvalue weighted by atomic mass is 9.95. The number of fused-ring (bicyclic) bond motifs is 1. The molecule has 0 bridgehead atoms. The van der Waals surface area contributed by atoms with Crippen molar-refractivity contribution in [3.05, 3.63) is 64.1 Å². The number of carbonyl (C=O) groups excluding carboxylic acids is 1. The van der Waals surface area contributed by atoms with E-state index < -0.39 is 0 Å². The van der Waals surface area contributed by atoms with Crippen LogP contribution in [-0.2, 0) is 11.2 Å². The van der Waals surface area contributed by atoms with Crippen molar-refractivity contribution in [2.45, 2.75) is 25.2 Å². The Bertz CT molecular complexity index is 914. The van der Waals surface area contributed by atoms with Gasteiger partial charge >= 0.3 is 0 Å². The molecule has 3 aromatic rings. The molecule has 1 aliphatic rings. The Hall–Kier alpha value is -2.21. The van der Waals surface area contributed by atoms with Crippen molar-refractivity contribution in [3.63, 3.8) is 0 Å². The van der Waals surface area contributed by atoms with E-state index in [9.17, 15) is 9.18 Å². The second-order valence-corrected chi connectivity index (χ2v) is 7.54. The van der Waals surface area contributed by atoms with Crippen molar-refractivity contribution in [2.75, 3.05) is 13.1 Å². The summed E-state index contributed by atoms with van der Waals surface area (Å²) < 4.78 is 14.5. The van der Waals surface area contributed by atoms with E-state index in [4.69, 9.17) is 0 Å². The Labute approximate surface area is 159 Å². The van der Waals surface area contributed by atoms with E-state index in [0.29, 0.717) is 29.0 Å². The summed E-state index contributed by atoms with van der Waals surface area (Å²) in [5, 5.41) is 0. The average Bonchev–Trinajstić information content (AvgIpc) is 3.10. The zero-order chi connectivity index (χ0) is 18.1. The lowest BCUT2D eigenvalue weighted by Gasteiger charge is -2.31. The zero-order valence-electron chi connectivity index (χ0n) is 14.2. The van der Waals surface area contributed by atoms with Crippen molar-refractivity contribution in [2.24, 2.45) is 0 Å². The van der Waals surface area contributed by atoms with Crippen LogP contribution < -0.4 is 0 Å². The number of nitrogens with zero attached hydrogens (tertiary/aromatic N) is 2. The van der Waals surface area contributed by atoms with Gasteiger partial charge in [0.2, 0.25) is 5.91 Å². The minimum Gasteiger partial charge on any atom is -0.342 e. The number of para-hydroxylation sites is 2. The van der Waals surface area contributed by atoms with Gasteiger partial charge in [0.25, 0.3) is 0 Å². The predicted octanol–water partition coefficient (Wildman–Crippen LogP) is 4.41. The Morgan fingerprint density at radius 3 is 2.73 bits per heavy atom. The number of amides is 1. The van der Waals surface area contributed by atoms with E-state index in [1.807, 2.05) is 29.2 Å². The SMILES string of the molecule is O=C(Cc1cccc(Br)c1F)N1CCC(c2nc3ccccc3[nH]2)CC1. The quantitative estimate of drug-likeness (QED) is 0.688. The molecular formula is C20H19BrFN3O. The molecular weight excluding hydrogens is 397 g/mol. The predicted molar refractivity (Wildman–Crippen MR) is 102 cm³/mol. The van der Waals surface area contributed by atoms with E-state index >= 15 is 0 Å². The van der Waals surface area contributed by atoms with Crippen molar-refractivity contribution < 1.29 is 9.18 Å². The highest BCUT2D eigenvalue weighted by atomic mass is 79.9. The molecule has 1 aromatic heterocycles. The summed E-state index contributed by atoms with van der Waals surface area (Å²) in [6.45, 7) is 1.35. The standard InChI is InChI=1S/C20H19BrFN3O/c21-15-5-3-4-14(19(15)22)12-18(26)25-10-8-13(9-11-25)20-23-16-6-1-2-7-17(16)24-20/h1-7,13H,8-12H2,(H,23,24). The molecule has 2 aromatic carbocycles. The summed E-state index contributed by atoms with van der Waals surface area (Å²) in [5.74, 6) is 0.952. The maximum Gasteiger partial charge on any atom is 0.227 e. The molecule has 1 N–H and O–H groups in total. The van der Waals surface area contributed by atoms with E-state index in [0.717, 1.165) is 29.7 Å². The van der Waals surface area contributed by atoms with Crippen molar-refractivity contribution in [1.82, 2.24) is 14.9 Å². The highest BCUT2D eigenvalue weighted by Crippen LogP contribution is 2.28. The molecule has 26 heavy (non-hydrogen) atoms. The van der Waals surface area contributed by atoms with E-state index in [1.165, 1.54) is 0 Å². The number of benzene rings is 2. The molecule has 6 heteroatoms. The molecule has 0 aliphatic carbocycles. The molecule has 0 spiro atoms. The van der Waals surface area contributed by atoms with Gasteiger partial charge in [0.15, 0.2) is 0 Å². The highest BCUT2D eigenvalue weighted by molar-refractivity contribution is 9.10. The van der Waals surface area contributed by atoms with Crippen LogP contribution in [0, 0.1) is 5.82 Å². The first-order valence-corrected chi connectivity index (χ1v) is 9.56. The van der Waals surface area contributed by atoms with Crippen LogP contribution in [0.15, 0.2) is 46.9 Å². The number of nitrogens with one attached hydrogen (secondary N) is 1. The number of aromatic amines is 1. The highest BCUT2D eigenvalue weighted by Gasteiger charge is 2.26. The molecule has 4 nitrogen and oxygen atoms in total. The van der Waals surface area contributed by atoms with Gasteiger partial charge in [0.05, 0.1) is 21.9 Å². The first-order valence-electron chi connectivity index (χ1n) is 8.77. The summed E-state index contributed by atoms with van der Waals surface area (Å²) in [7, 11) is 0. The van der Waals surface area contributed by atoms with Crippen LogP contribution >= 0.6 is 15.9 Å². The second kappa shape index (κ2) is 7.19. The Balaban J connectivity index is 1.40. The molecule has 1 amide bonds. The monoisotopic (exact) mass is 415 g/mol. The second-order valence-electron chi connectivity index (χ2n) is 6.68. The van der Waals surface area contributed by atoms with Crippen LogP contribution in [0.25, 0.3) is 11.0 Å². The van der Waals surface area contributed by atoms with Crippen LogP contribution in [0.4, 0.5) is 4.39 Å². The van der Waals surface area contributed by atoms with Crippen molar-refractivity contribution in [3.8, 4) is 0 Å². The van der Waals surface area contributed by atoms with Crippen molar-refractivity contribution in [1.29, 1.82) is 0 Å². The molecule has 1 fully saturated rings. The van der Waals surface area contributed by atoms with Gasteiger partial charge in [-0.3, -0.25) is 4.79 Å². The first-order chi connectivity index (χ1) is 12.6. The fraction of sp³-hybridized carbons (Fsp3) is 0.300. The summed E-state index contributed by atoms with van der Waals surface area (Å²) in [6.07, 6.45) is 1.83. The number of hydrogen-bond acceptors (Lipinski definition) is 2. The van der Waals surface area contributed by atoms with Crippen LogP contribution in [0.5, 0.6) is 0 Å². The number of hydrogen-bond donors (Lipinski definition) is 1. The third kappa shape index (κ3) is 3.38. The molecule has 0 saturated carbocycles. The van der Waals surface area contributed by atoms with Crippen LogP contribution in [-0.4, -0.2) is 33.9 Å². The lowest BCUT2D eigenvalue weighted by Crippen LogP contribution is -2.39. The van der Waals surface area contributed by atoms with E-state index in [1.54, 1.807) is 18.2 Å². The third-order valence-corrected chi connectivity index (χ3v) is 5.63. The fourth-order valence-corrected chi connectivity index (χ4v) is 3.94. The zero-order valence-corrected chi connectivity index (χ0v) is 15.8. The van der Waals surface area contributed by atoms with Gasteiger partial charge in [0, 0.05) is 19.0 Å². The van der Waals surface area contributed by atoms with Gasteiger partial charge in [0.1, 0.15) is 11.6 Å². The normalized spacial score (nSPS) is 15.5. The fourth-order valence-electron chi connectivity index (χ4n) is 3.53. The molecule has 4 rings (SSSR count). The van der Waals surface area contributed by atoms with Crippen LogP contribution in [0.3, 0.4) is 0 Å². The number of aromatic nitrogens is 2. The summed E-state index contributed by atoms with van der Waals surface area (Å²) in [4.78, 5) is 22.4. The maximum absolute atomic E-state index is 14.1. The third-order valence-electron chi connectivity index (χ3n) is 5.02. The Kier molecular flexibility index (Phi) is 4.76. The first kappa shape index (κ1) is 17.2. The number of halogens is 2. The minimum atomic E-state index is -0.349. The molecule has 1 aliphatic heterocycles. The van der Waals surface area contributed by atoms with Crippen molar-refractivity contribution >= 4 is 32.9 Å². The number of H-pyrrole nitrogens is 1. The molecule has 134 valence electrons. The summed E-state index contributed by atoms with van der Waals surface area (Å²) in [5.41, 5.74) is 2.46. The Morgan fingerprint density at radius 2 is 1.96 bits per heavy atom. The topological polar surface area (TPSA) is 49.0 Å². The average molecular weight is 416 g/mol. The number of carbonyl (C=O) groups is 1. The molecule has 2 heterocycles. The van der Waals surface area contributed by atoms with Gasteiger partial charge in [-0.05, 0) is 52.5 Å². The maximum atomic E-state index is 14.1.